The highest BCUT2D eigenvalue weighted by Gasteiger charge is 2.38. The number of hydrogen-bond donors (Lipinski definition) is 15. The summed E-state index contributed by atoms with van der Waals surface area (Å²) < 4.78 is 30.5. The molecule has 0 aliphatic heterocycles. The van der Waals surface area contributed by atoms with Crippen LogP contribution in [-0.4, -0.2) is 176 Å². The smallest absolute Gasteiger partial charge is 0.305 e. The summed E-state index contributed by atoms with van der Waals surface area (Å²) in [5.41, 5.74) is 18.9. The number of sulfonamides is 1. The van der Waals surface area contributed by atoms with Crippen molar-refractivity contribution in [3.8, 4) is 5.75 Å². The number of aliphatic carboxylic acids is 1. The normalized spacial score (nSPS) is 14.7. The average Bonchev–Trinajstić information content (AvgIpc) is 0.834. The molecule has 0 saturated carbocycles. The number of phenols is 1. The molecule has 530 valence electrons. The maximum atomic E-state index is 14.4. The van der Waals surface area contributed by atoms with E-state index in [0.717, 1.165) is 12.6 Å². The monoisotopic (exact) mass is 1360 g/mol. The number of ketones is 1. The Labute approximate surface area is 560 Å². The number of hydrogen-bond acceptors (Lipinski definition) is 19. The predicted octanol–water partition coefficient (Wildman–Crippen LogP) is 1.04. The van der Waals surface area contributed by atoms with Gasteiger partial charge in [0.05, 0.1) is 34.8 Å². The number of aliphatic hydroxyl groups is 1. The third-order valence-electron chi connectivity index (χ3n) is 14.9. The van der Waals surface area contributed by atoms with Crippen LogP contribution in [0.1, 0.15) is 119 Å². The molecule has 3 aromatic rings. The largest absolute Gasteiger partial charge is 0.508 e. The molecule has 32 heteroatoms. The van der Waals surface area contributed by atoms with Crippen molar-refractivity contribution in [1.82, 2.24) is 47.3 Å². The van der Waals surface area contributed by atoms with Crippen molar-refractivity contribution in [2.24, 2.45) is 50.2 Å². The van der Waals surface area contributed by atoms with Crippen LogP contribution < -0.4 is 69.4 Å². The number of carbonyl (C=O) groups is 10. The molecule has 0 fully saturated rings. The first kappa shape index (κ1) is 81.1. The minimum absolute atomic E-state index is 0.0128. The number of carboxylic acid groups (broad SMARTS) is 1. The van der Waals surface area contributed by atoms with Crippen LogP contribution in [0.15, 0.2) is 92.9 Å². The zero-order valence-electron chi connectivity index (χ0n) is 56.4. The van der Waals surface area contributed by atoms with E-state index in [2.05, 4.69) is 62.5 Å². The Morgan fingerprint density at radius 3 is 1.50 bits per heavy atom. The van der Waals surface area contributed by atoms with E-state index in [1.165, 1.54) is 76.2 Å². The molecular formula is C64H98N16O15S. The number of nitrogens with two attached hydrogens (primary N) is 3. The van der Waals surface area contributed by atoms with Crippen molar-refractivity contribution in [2.75, 3.05) is 32.1 Å². The highest BCUT2D eigenvalue weighted by atomic mass is 32.2. The van der Waals surface area contributed by atoms with Gasteiger partial charge in [-0.2, -0.15) is 15.0 Å². The zero-order chi connectivity index (χ0) is 72.1. The maximum absolute atomic E-state index is 14.4. The highest BCUT2D eigenvalue weighted by molar-refractivity contribution is 7.89. The number of carboxylic acids is 1. The lowest BCUT2D eigenvalue weighted by Crippen LogP contribution is -2.62. The van der Waals surface area contributed by atoms with Crippen LogP contribution in [0.25, 0.3) is 0 Å². The first-order chi connectivity index (χ1) is 45.0. The van der Waals surface area contributed by atoms with Gasteiger partial charge in [-0.25, -0.2) is 8.42 Å². The SMILES string of the molecule is CC(=O)[C@H](CCCCN)NC(=O)[C@H](CC(C)C)NC(=O)[C@@H](NC(=O)[C@H](CC(=O)O)NC(=O)[C@@H](NC(=O)[C@H](CC(C)C)NC(=O)[C@H](C)NC(=O)[C@H](CCCN=C(N)N)NC(=O)[C@H](Cc1ccc(O)cc1)NS(=O)(=O)c1ccc(N=Nc2ccc(N(C)C)cc2)cc1)C(C)C)C(C)O. The highest BCUT2D eigenvalue weighted by Crippen LogP contribution is 2.24. The number of anilines is 1. The molecule has 0 aliphatic rings. The number of nitrogens with zero attached hydrogens (tertiary/aromatic N) is 4. The molecule has 0 aliphatic carbocycles. The van der Waals surface area contributed by atoms with Gasteiger partial charge in [0, 0.05) is 26.3 Å². The Balaban J connectivity index is 1.85. The molecule has 8 amide bonds. The summed E-state index contributed by atoms with van der Waals surface area (Å²) in [5.74, 6) is -11.3. The average molecular weight is 1360 g/mol. The Hall–Kier alpha value is -9.14. The van der Waals surface area contributed by atoms with E-state index in [4.69, 9.17) is 17.2 Å². The van der Waals surface area contributed by atoms with Gasteiger partial charge < -0.3 is 80.0 Å². The first-order valence-corrected chi connectivity index (χ1v) is 33.2. The number of amides is 8. The fourth-order valence-corrected chi connectivity index (χ4v) is 10.8. The van der Waals surface area contributed by atoms with Gasteiger partial charge in [0.25, 0.3) is 0 Å². The van der Waals surface area contributed by atoms with Crippen LogP contribution in [0.4, 0.5) is 17.1 Å². The van der Waals surface area contributed by atoms with Crippen LogP contribution in [0.5, 0.6) is 5.75 Å². The van der Waals surface area contributed by atoms with Crippen molar-refractivity contribution in [3.63, 3.8) is 0 Å². The Morgan fingerprint density at radius 1 is 0.542 bits per heavy atom. The van der Waals surface area contributed by atoms with Gasteiger partial charge in [-0.1, -0.05) is 53.7 Å². The van der Waals surface area contributed by atoms with Gasteiger partial charge >= 0.3 is 5.97 Å². The Morgan fingerprint density at radius 2 is 1.00 bits per heavy atom. The van der Waals surface area contributed by atoms with Gasteiger partial charge in [-0.15, -0.1) is 0 Å². The number of nitrogens with one attached hydrogen (secondary N) is 9. The number of benzene rings is 3. The predicted molar refractivity (Wildman–Crippen MR) is 360 cm³/mol. The number of carbonyl (C=O) groups excluding carboxylic acids is 9. The second kappa shape index (κ2) is 39.7. The first-order valence-electron chi connectivity index (χ1n) is 31.7. The zero-order valence-corrected chi connectivity index (χ0v) is 57.2. The summed E-state index contributed by atoms with van der Waals surface area (Å²) in [6, 6.07) is 4.99. The van der Waals surface area contributed by atoms with E-state index in [9.17, 15) is 71.7 Å². The molecule has 0 bridgehead atoms. The van der Waals surface area contributed by atoms with Crippen molar-refractivity contribution in [1.29, 1.82) is 0 Å². The minimum Gasteiger partial charge on any atom is -0.508 e. The van der Waals surface area contributed by atoms with Crippen molar-refractivity contribution < 1.29 is 71.7 Å². The molecule has 0 saturated heterocycles. The number of aliphatic hydroxyl groups excluding tert-OH is 1. The van der Waals surface area contributed by atoms with E-state index in [1.54, 1.807) is 39.8 Å². The topological polar surface area (TPSA) is 492 Å². The maximum Gasteiger partial charge on any atom is 0.305 e. The third kappa shape index (κ3) is 28.4. The second-order valence-corrected chi connectivity index (χ2v) is 26.6. The molecule has 0 aromatic heterocycles. The second-order valence-electron chi connectivity index (χ2n) is 24.8. The van der Waals surface area contributed by atoms with E-state index in [-0.39, 0.29) is 79.3 Å². The number of Topliss-reactive ketones (excluding diaryl/α,β-unsaturated/α-hetero) is 1. The number of unbranched alkanes of at least 4 members (excludes halogenated alkanes) is 1. The van der Waals surface area contributed by atoms with Gasteiger partial charge in [0.15, 0.2) is 11.7 Å². The van der Waals surface area contributed by atoms with Crippen LogP contribution in [0.3, 0.4) is 0 Å². The summed E-state index contributed by atoms with van der Waals surface area (Å²) in [5, 5.41) is 59.1. The Bertz CT molecular complexity index is 3270. The summed E-state index contributed by atoms with van der Waals surface area (Å²) in [6.07, 6.45) is -1.59. The lowest BCUT2D eigenvalue weighted by Gasteiger charge is -2.29. The molecular weight excluding hydrogens is 1260 g/mol. The minimum atomic E-state index is -4.49. The fourth-order valence-electron chi connectivity index (χ4n) is 9.56. The van der Waals surface area contributed by atoms with Gasteiger partial charge in [-0.05, 0) is 163 Å². The standard InChI is InChI=1S/C64H98N16O15S/c1-35(2)31-49(58(88)70-47(39(8)81)15-12-13-29-65)73-63(93)55(40(9)82)76-60(90)51(34-53(84)85)74-62(92)54(37(5)6)75-59(89)50(32-36(3)4)72-56(86)38(7)69-57(87)48(16-14-30-68-64(66)67)71-61(91)52(33-41-17-25-45(83)26-18-41)79-96(94,95)46-27-21-43(22-28-46)78-77-42-19-23-44(24-20-42)80(10)11/h17-28,35-38,40,47-52,54-55,79,82-83H,12-16,29-34,65H2,1-11H3,(H,69,87)(H,70,88)(H,71,91)(H,72,86)(H,73,93)(H,74,92)(H,75,89)(H,76,90)(H,84,85)(H4,66,67,68)/t38-,40?,47-,48-,49-,50-,51-,52-,54-,55-/m0/s1. The number of aromatic hydroxyl groups is 1. The molecule has 1 unspecified atom stereocenters. The van der Waals surface area contributed by atoms with Crippen molar-refractivity contribution >= 4 is 92.1 Å². The van der Waals surface area contributed by atoms with Crippen molar-refractivity contribution in [3.05, 3.63) is 78.4 Å². The van der Waals surface area contributed by atoms with Crippen LogP contribution in [0, 0.1) is 17.8 Å². The summed E-state index contributed by atoms with van der Waals surface area (Å²) in [4.78, 5) is 142. The van der Waals surface area contributed by atoms with Crippen LogP contribution >= 0.6 is 0 Å². The number of guanidine groups is 1. The molecule has 0 heterocycles. The number of azo groups is 1. The molecule has 3 aromatic carbocycles. The van der Waals surface area contributed by atoms with Crippen LogP contribution in [0.2, 0.25) is 0 Å². The summed E-state index contributed by atoms with van der Waals surface area (Å²) in [7, 11) is -0.705. The number of rotatable bonds is 41. The fraction of sp³-hybridized carbons (Fsp3) is 0.547. The number of phenolic OH excluding ortho intramolecular Hbond substituents is 1. The van der Waals surface area contributed by atoms with Crippen LogP contribution in [-0.2, 0) is 64.4 Å². The molecule has 18 N–H and O–H groups in total. The van der Waals surface area contributed by atoms with E-state index >= 15 is 0 Å². The molecule has 0 spiro atoms. The lowest BCUT2D eigenvalue weighted by atomic mass is 9.99. The van der Waals surface area contributed by atoms with Gasteiger partial charge in [0.2, 0.25) is 57.3 Å². The van der Waals surface area contributed by atoms with Gasteiger partial charge in [-0.3, -0.25) is 52.9 Å². The summed E-state index contributed by atoms with van der Waals surface area (Å²) >= 11 is 0. The molecule has 3 rings (SSSR count). The Kier molecular flexibility index (Phi) is 33.5. The molecule has 96 heavy (non-hydrogen) atoms. The molecule has 0 radical (unpaired) electrons. The third-order valence-corrected chi connectivity index (χ3v) is 16.4. The van der Waals surface area contributed by atoms with E-state index in [1.807, 2.05) is 31.1 Å². The molecule has 31 nitrogen and oxygen atoms in total. The quantitative estimate of drug-likeness (QED) is 0.0163. The van der Waals surface area contributed by atoms with Crippen molar-refractivity contribution in [2.45, 2.75) is 185 Å². The lowest BCUT2D eigenvalue weighted by molar-refractivity contribution is -0.142. The van der Waals surface area contributed by atoms with E-state index in [0.29, 0.717) is 36.3 Å². The number of aliphatic imine (C=N–C) groups is 1. The van der Waals surface area contributed by atoms with E-state index < -0.39 is 136 Å². The molecule has 10 atom stereocenters. The summed E-state index contributed by atoms with van der Waals surface area (Å²) in [6.45, 7) is 14.2. The van der Waals surface area contributed by atoms with Gasteiger partial charge in [0.1, 0.15) is 54.1 Å².